The van der Waals surface area contributed by atoms with Gasteiger partial charge in [0.05, 0.1) is 28.3 Å². The number of thiazole rings is 1. The summed E-state index contributed by atoms with van der Waals surface area (Å²) < 4.78 is 33.8. The Kier molecular flexibility index (Phi) is 3.14. The summed E-state index contributed by atoms with van der Waals surface area (Å²) in [5, 5.41) is 0.373. The van der Waals surface area contributed by atoms with Crippen LogP contribution in [0.25, 0.3) is 10.2 Å². The number of nitrogens with zero attached hydrogens (tertiary/aromatic N) is 1. The van der Waals surface area contributed by atoms with Crippen molar-refractivity contribution in [2.45, 2.75) is 18.1 Å². The summed E-state index contributed by atoms with van der Waals surface area (Å²) in [5.74, 6) is 0. The van der Waals surface area contributed by atoms with Crippen LogP contribution in [-0.4, -0.2) is 13.4 Å². The average molecular weight is 332 g/mol. The number of fused-ring (bicyclic) bond motifs is 2. The maximum Gasteiger partial charge on any atom is 0.263 e. The first-order chi connectivity index (χ1) is 10.6. The highest BCUT2D eigenvalue weighted by atomic mass is 32.2. The second-order valence-electron chi connectivity index (χ2n) is 5.02. The zero-order valence-electron chi connectivity index (χ0n) is 11.4. The van der Waals surface area contributed by atoms with Gasteiger partial charge in [-0.1, -0.05) is 29.5 Å². The molecule has 0 amide bonds. The van der Waals surface area contributed by atoms with E-state index in [1.807, 2.05) is 24.3 Å². The van der Waals surface area contributed by atoms with Gasteiger partial charge in [0.15, 0.2) is 5.13 Å². The van der Waals surface area contributed by atoms with Gasteiger partial charge < -0.3 is 4.74 Å². The van der Waals surface area contributed by atoms with Crippen LogP contribution >= 0.6 is 11.3 Å². The summed E-state index contributed by atoms with van der Waals surface area (Å²) in [6.07, 6.45) is 0. The molecule has 2 heterocycles. The van der Waals surface area contributed by atoms with Gasteiger partial charge in [-0.3, -0.25) is 4.72 Å². The molecule has 5 nitrogen and oxygen atoms in total. The predicted molar refractivity (Wildman–Crippen MR) is 85.4 cm³/mol. The number of benzene rings is 2. The monoisotopic (exact) mass is 332 g/mol. The van der Waals surface area contributed by atoms with Crippen LogP contribution < -0.4 is 4.72 Å². The number of para-hydroxylation sites is 1. The SMILES string of the molecule is O=S(=O)(Nc1nc2ccccc2s1)c1ccc2c(c1)COC2. The van der Waals surface area contributed by atoms with Gasteiger partial charge in [-0.2, -0.15) is 0 Å². The molecule has 2 aromatic carbocycles. The van der Waals surface area contributed by atoms with Crippen LogP contribution in [0.4, 0.5) is 5.13 Å². The van der Waals surface area contributed by atoms with E-state index in [0.29, 0.717) is 18.3 Å². The van der Waals surface area contributed by atoms with E-state index in [1.54, 1.807) is 18.2 Å². The smallest absolute Gasteiger partial charge is 0.263 e. The number of hydrogen-bond donors (Lipinski definition) is 1. The lowest BCUT2D eigenvalue weighted by Gasteiger charge is -2.06. The summed E-state index contributed by atoms with van der Waals surface area (Å²) in [6, 6.07) is 12.6. The molecule has 1 aromatic heterocycles. The molecule has 22 heavy (non-hydrogen) atoms. The third-order valence-corrected chi connectivity index (χ3v) is 5.94. The van der Waals surface area contributed by atoms with Gasteiger partial charge in [0.25, 0.3) is 10.0 Å². The Balaban J connectivity index is 1.68. The van der Waals surface area contributed by atoms with Crippen molar-refractivity contribution in [3.8, 4) is 0 Å². The van der Waals surface area contributed by atoms with Crippen LogP contribution in [-0.2, 0) is 28.0 Å². The molecule has 0 fully saturated rings. The van der Waals surface area contributed by atoms with Crippen LogP contribution in [0, 0.1) is 0 Å². The van der Waals surface area contributed by atoms with Gasteiger partial charge in [0.1, 0.15) is 0 Å². The zero-order chi connectivity index (χ0) is 15.2. The van der Waals surface area contributed by atoms with Crippen LogP contribution in [0.15, 0.2) is 47.4 Å². The molecule has 0 spiro atoms. The highest BCUT2D eigenvalue weighted by molar-refractivity contribution is 7.93. The van der Waals surface area contributed by atoms with Crippen LogP contribution in [0.5, 0.6) is 0 Å². The maximum absolute atomic E-state index is 12.5. The van der Waals surface area contributed by atoms with Crippen LogP contribution in [0.1, 0.15) is 11.1 Å². The third-order valence-electron chi connectivity index (χ3n) is 3.52. The van der Waals surface area contributed by atoms with Crippen molar-refractivity contribution in [1.82, 2.24) is 4.98 Å². The molecule has 1 N–H and O–H groups in total. The number of hydrogen-bond acceptors (Lipinski definition) is 5. The largest absolute Gasteiger partial charge is 0.372 e. The molecule has 1 aliphatic rings. The molecule has 4 rings (SSSR count). The first kappa shape index (κ1) is 13.7. The Bertz CT molecular complexity index is 931. The van der Waals surface area contributed by atoms with E-state index in [0.717, 1.165) is 21.3 Å². The molecular formula is C15H12N2O3S2. The Morgan fingerprint density at radius 3 is 2.77 bits per heavy atom. The lowest BCUT2D eigenvalue weighted by atomic mass is 10.1. The van der Waals surface area contributed by atoms with Crippen molar-refractivity contribution in [2.24, 2.45) is 0 Å². The summed E-state index contributed by atoms with van der Waals surface area (Å²) in [4.78, 5) is 4.53. The predicted octanol–water partition coefficient (Wildman–Crippen LogP) is 3.13. The van der Waals surface area contributed by atoms with Crippen molar-refractivity contribution in [3.05, 3.63) is 53.6 Å². The van der Waals surface area contributed by atoms with Crippen LogP contribution in [0.3, 0.4) is 0 Å². The number of sulfonamides is 1. The third kappa shape index (κ3) is 2.37. The molecule has 7 heteroatoms. The highest BCUT2D eigenvalue weighted by Gasteiger charge is 2.20. The Morgan fingerprint density at radius 1 is 1.09 bits per heavy atom. The molecular weight excluding hydrogens is 320 g/mol. The molecule has 3 aromatic rings. The van der Waals surface area contributed by atoms with Gasteiger partial charge in [-0.15, -0.1) is 0 Å². The second kappa shape index (κ2) is 5.05. The molecule has 0 aliphatic carbocycles. The summed E-state index contributed by atoms with van der Waals surface area (Å²) in [6.45, 7) is 1.00. The molecule has 0 bridgehead atoms. The van der Waals surface area contributed by atoms with Crippen molar-refractivity contribution in [1.29, 1.82) is 0 Å². The minimum atomic E-state index is -3.64. The number of aromatic nitrogens is 1. The molecule has 0 radical (unpaired) electrons. The highest BCUT2D eigenvalue weighted by Crippen LogP contribution is 2.28. The second-order valence-corrected chi connectivity index (χ2v) is 7.73. The van der Waals surface area contributed by atoms with Crippen molar-refractivity contribution in [3.63, 3.8) is 0 Å². The quantitative estimate of drug-likeness (QED) is 0.800. The lowest BCUT2D eigenvalue weighted by Crippen LogP contribution is -2.13. The van der Waals surface area contributed by atoms with E-state index in [-0.39, 0.29) is 4.90 Å². The Labute approximate surface area is 131 Å². The molecule has 0 saturated heterocycles. The molecule has 0 unspecified atom stereocenters. The van der Waals surface area contributed by atoms with Crippen molar-refractivity contribution < 1.29 is 13.2 Å². The first-order valence-corrected chi connectivity index (χ1v) is 9.00. The van der Waals surface area contributed by atoms with Gasteiger partial charge in [0, 0.05) is 0 Å². The number of rotatable bonds is 3. The van der Waals surface area contributed by atoms with E-state index >= 15 is 0 Å². The number of ether oxygens (including phenoxy) is 1. The topological polar surface area (TPSA) is 68.3 Å². The first-order valence-electron chi connectivity index (χ1n) is 6.70. The Hall–Kier alpha value is -1.96. The lowest BCUT2D eigenvalue weighted by molar-refractivity contribution is 0.134. The Morgan fingerprint density at radius 2 is 1.91 bits per heavy atom. The fourth-order valence-electron chi connectivity index (χ4n) is 2.41. The number of anilines is 1. The maximum atomic E-state index is 12.5. The van der Waals surface area contributed by atoms with E-state index in [9.17, 15) is 8.42 Å². The van der Waals surface area contributed by atoms with E-state index in [2.05, 4.69) is 9.71 Å². The summed E-state index contributed by atoms with van der Waals surface area (Å²) >= 11 is 1.32. The molecule has 0 atom stereocenters. The fourth-order valence-corrected chi connectivity index (χ4v) is 4.56. The normalized spacial score (nSPS) is 14.2. The minimum Gasteiger partial charge on any atom is -0.372 e. The molecule has 1 aliphatic heterocycles. The van der Waals surface area contributed by atoms with Gasteiger partial charge in [-0.05, 0) is 35.4 Å². The number of nitrogens with one attached hydrogen (secondary N) is 1. The van der Waals surface area contributed by atoms with Gasteiger partial charge in [0.2, 0.25) is 0 Å². The summed E-state index contributed by atoms with van der Waals surface area (Å²) in [5.41, 5.74) is 2.75. The van der Waals surface area contributed by atoms with Crippen molar-refractivity contribution >= 4 is 36.7 Å². The molecule has 112 valence electrons. The standard InChI is InChI=1S/C15H12N2O3S2/c18-22(19,12-6-5-10-8-20-9-11(10)7-12)17-15-16-13-3-1-2-4-14(13)21-15/h1-7H,8-9H2,(H,16,17). The fraction of sp³-hybridized carbons (Fsp3) is 0.133. The van der Waals surface area contributed by atoms with E-state index in [4.69, 9.17) is 4.74 Å². The zero-order valence-corrected chi connectivity index (χ0v) is 13.1. The van der Waals surface area contributed by atoms with Gasteiger partial charge in [-0.25, -0.2) is 13.4 Å². The van der Waals surface area contributed by atoms with E-state index in [1.165, 1.54) is 11.3 Å². The van der Waals surface area contributed by atoms with Crippen molar-refractivity contribution in [2.75, 3.05) is 4.72 Å². The summed E-state index contributed by atoms with van der Waals surface area (Å²) in [7, 11) is -3.64. The molecule has 0 saturated carbocycles. The van der Waals surface area contributed by atoms with Crippen LogP contribution in [0.2, 0.25) is 0 Å². The van der Waals surface area contributed by atoms with Gasteiger partial charge >= 0.3 is 0 Å². The minimum absolute atomic E-state index is 0.232. The average Bonchev–Trinajstić information content (AvgIpc) is 3.11. The van der Waals surface area contributed by atoms with E-state index < -0.39 is 10.0 Å².